The van der Waals surface area contributed by atoms with Gasteiger partial charge in [0, 0.05) is 73.6 Å². The molecule has 0 aliphatic carbocycles. The van der Waals surface area contributed by atoms with Crippen molar-refractivity contribution in [1.82, 2.24) is 20.1 Å². The minimum Gasteiger partial charge on any atom is -0.379 e. The van der Waals surface area contributed by atoms with Gasteiger partial charge < -0.3 is 20.1 Å². The summed E-state index contributed by atoms with van der Waals surface area (Å²) in [4.78, 5) is 10.7. The summed E-state index contributed by atoms with van der Waals surface area (Å²) in [6.07, 6.45) is 4.23. The van der Waals surface area contributed by atoms with Crippen molar-refractivity contribution in [3.63, 3.8) is 0 Å². The molecule has 1 saturated heterocycles. The Kier molecular flexibility index (Phi) is 6.21. The molecule has 5 rings (SSSR count). The number of aromatic nitrogens is 1. The summed E-state index contributed by atoms with van der Waals surface area (Å²) in [6.45, 7) is 7.18. The highest BCUT2D eigenvalue weighted by Gasteiger charge is 2.20. The van der Waals surface area contributed by atoms with Gasteiger partial charge >= 0.3 is 0 Å². The molecule has 0 amide bonds. The molecule has 1 aromatic heterocycles. The smallest absolute Gasteiger partial charge is 0.0634 e. The van der Waals surface area contributed by atoms with Crippen LogP contribution in [0.1, 0.15) is 22.4 Å². The van der Waals surface area contributed by atoms with Gasteiger partial charge in [0.15, 0.2) is 0 Å². The number of nitrogens with one attached hydrogen (secondary N) is 2. The van der Waals surface area contributed by atoms with Gasteiger partial charge in [-0.15, -0.1) is 0 Å². The molecule has 0 bridgehead atoms. The lowest BCUT2D eigenvalue weighted by molar-refractivity contribution is 0.148. The maximum atomic E-state index is 6.15. The molecule has 3 aromatic rings. The summed E-state index contributed by atoms with van der Waals surface area (Å²) in [6, 6.07) is 19.2. The average molecular weight is 448 g/mol. The molecule has 2 N–H and O–H groups in total. The van der Waals surface area contributed by atoms with Crippen LogP contribution in [0.5, 0.6) is 0 Å². The lowest BCUT2D eigenvalue weighted by Crippen LogP contribution is -2.43. The van der Waals surface area contributed by atoms with Gasteiger partial charge in [-0.2, -0.15) is 0 Å². The van der Waals surface area contributed by atoms with E-state index in [9.17, 15) is 0 Å². The Morgan fingerprint density at radius 1 is 0.969 bits per heavy atom. The fourth-order valence-corrected chi connectivity index (χ4v) is 4.65. The van der Waals surface area contributed by atoms with E-state index in [4.69, 9.17) is 11.6 Å². The van der Waals surface area contributed by atoms with Gasteiger partial charge in [0.25, 0.3) is 0 Å². The van der Waals surface area contributed by atoms with Gasteiger partial charge in [-0.25, -0.2) is 0 Å². The molecule has 0 saturated carbocycles. The van der Waals surface area contributed by atoms with Crippen molar-refractivity contribution in [2.45, 2.75) is 19.6 Å². The van der Waals surface area contributed by atoms with Crippen molar-refractivity contribution in [3.8, 4) is 0 Å². The molecule has 0 spiro atoms. The summed E-state index contributed by atoms with van der Waals surface area (Å²) >= 11 is 6.15. The number of benzene rings is 2. The van der Waals surface area contributed by atoms with Crippen molar-refractivity contribution in [3.05, 3.63) is 94.4 Å². The summed E-state index contributed by atoms with van der Waals surface area (Å²) in [5.74, 6) is 0. The average Bonchev–Trinajstić information content (AvgIpc) is 3.28. The molecule has 1 fully saturated rings. The van der Waals surface area contributed by atoms with Gasteiger partial charge in [-0.3, -0.25) is 4.90 Å². The zero-order valence-corrected chi connectivity index (χ0v) is 19.3. The molecule has 2 aliphatic heterocycles. The lowest BCUT2D eigenvalue weighted by atomic mass is 10.1. The van der Waals surface area contributed by atoms with Crippen LogP contribution in [0.2, 0.25) is 5.02 Å². The van der Waals surface area contributed by atoms with Crippen LogP contribution in [0.4, 0.5) is 5.69 Å². The number of fused-ring (bicyclic) bond motifs is 1. The number of aromatic amines is 1. The molecular formula is C26H30ClN5. The number of rotatable bonds is 6. The van der Waals surface area contributed by atoms with Crippen LogP contribution >= 0.6 is 11.6 Å². The van der Waals surface area contributed by atoms with Crippen LogP contribution in [0.15, 0.2) is 67.0 Å². The van der Waals surface area contributed by atoms with E-state index < -0.39 is 0 Å². The van der Waals surface area contributed by atoms with Crippen molar-refractivity contribution in [2.24, 2.45) is 0 Å². The van der Waals surface area contributed by atoms with Crippen molar-refractivity contribution < 1.29 is 0 Å². The molecule has 0 atom stereocenters. The van der Waals surface area contributed by atoms with Crippen molar-refractivity contribution in [1.29, 1.82) is 0 Å². The summed E-state index contributed by atoms with van der Waals surface area (Å²) < 4.78 is 0. The number of hydrogen-bond donors (Lipinski definition) is 2. The van der Waals surface area contributed by atoms with Gasteiger partial charge in [-0.1, -0.05) is 35.9 Å². The maximum absolute atomic E-state index is 6.15. The molecule has 2 aliphatic rings. The normalized spacial score (nSPS) is 17.2. The van der Waals surface area contributed by atoms with Crippen LogP contribution < -0.4 is 10.2 Å². The van der Waals surface area contributed by atoms with Gasteiger partial charge in [-0.05, 0) is 48.5 Å². The predicted molar refractivity (Wildman–Crippen MR) is 132 cm³/mol. The molecule has 32 heavy (non-hydrogen) atoms. The third-order valence-electron chi connectivity index (χ3n) is 6.38. The standard InChI is InChI=1S/C26H30ClN5/c1-30-11-13-31(14-12-30)17-20-5-7-23(8-6-20)32-18-25-24(9-10-28-25)26(19-32)29-16-21-3-2-4-22(27)15-21/h2-10,15,19,28-29H,11-14,16-18H2,1H3. The van der Waals surface area contributed by atoms with E-state index in [-0.39, 0.29) is 0 Å². The number of H-pyrrole nitrogens is 1. The fourth-order valence-electron chi connectivity index (χ4n) is 4.44. The highest BCUT2D eigenvalue weighted by atomic mass is 35.5. The first-order chi connectivity index (χ1) is 15.6. The predicted octanol–water partition coefficient (Wildman–Crippen LogP) is 4.52. The second-order valence-corrected chi connectivity index (χ2v) is 9.21. The lowest BCUT2D eigenvalue weighted by Gasteiger charge is -2.32. The molecule has 0 unspecified atom stereocenters. The first-order valence-electron chi connectivity index (χ1n) is 11.3. The first-order valence-corrected chi connectivity index (χ1v) is 11.6. The Morgan fingerprint density at radius 3 is 2.56 bits per heavy atom. The number of halogens is 1. The van der Waals surface area contributed by atoms with Crippen LogP contribution in [0.25, 0.3) is 5.70 Å². The summed E-state index contributed by atoms with van der Waals surface area (Å²) in [5, 5.41) is 4.37. The van der Waals surface area contributed by atoms with E-state index in [0.29, 0.717) is 0 Å². The Morgan fingerprint density at radius 2 is 1.78 bits per heavy atom. The molecule has 166 valence electrons. The number of hydrogen-bond acceptors (Lipinski definition) is 4. The van der Waals surface area contributed by atoms with E-state index in [1.165, 1.54) is 28.1 Å². The Hall–Kier alpha value is -2.73. The molecule has 0 radical (unpaired) electrons. The number of likely N-dealkylation sites (N-methyl/N-ethyl adjacent to an activating group) is 1. The van der Waals surface area contributed by atoms with E-state index in [2.05, 4.69) is 74.6 Å². The van der Waals surface area contributed by atoms with E-state index in [1.54, 1.807) is 0 Å². The quantitative estimate of drug-likeness (QED) is 0.582. The summed E-state index contributed by atoms with van der Waals surface area (Å²) in [7, 11) is 2.20. The van der Waals surface area contributed by atoms with Crippen molar-refractivity contribution in [2.75, 3.05) is 38.1 Å². The van der Waals surface area contributed by atoms with Crippen LogP contribution in [0, 0.1) is 0 Å². The highest BCUT2D eigenvalue weighted by Crippen LogP contribution is 2.29. The van der Waals surface area contributed by atoms with Crippen LogP contribution in [-0.2, 0) is 19.6 Å². The Balaban J connectivity index is 1.29. The second-order valence-electron chi connectivity index (χ2n) is 8.77. The third kappa shape index (κ3) is 4.85. The zero-order chi connectivity index (χ0) is 21.9. The molecule has 5 nitrogen and oxygen atoms in total. The van der Waals surface area contributed by atoms with Crippen LogP contribution in [-0.4, -0.2) is 48.0 Å². The number of piperazine rings is 1. The Labute approximate surface area is 195 Å². The fraction of sp³-hybridized carbons (Fsp3) is 0.308. The van der Waals surface area contributed by atoms with Gasteiger partial charge in [0.05, 0.1) is 12.2 Å². The molecule has 3 heterocycles. The third-order valence-corrected chi connectivity index (χ3v) is 6.61. The number of nitrogens with zero attached hydrogens (tertiary/aromatic N) is 3. The zero-order valence-electron chi connectivity index (χ0n) is 18.5. The highest BCUT2D eigenvalue weighted by molar-refractivity contribution is 6.30. The molecule has 2 aromatic carbocycles. The van der Waals surface area contributed by atoms with E-state index in [0.717, 1.165) is 56.5 Å². The van der Waals surface area contributed by atoms with Gasteiger partial charge in [0.1, 0.15) is 0 Å². The minimum absolute atomic E-state index is 0.731. The topological polar surface area (TPSA) is 37.5 Å². The Bertz CT molecular complexity index is 1080. The van der Waals surface area contributed by atoms with Gasteiger partial charge in [0.2, 0.25) is 0 Å². The molecular weight excluding hydrogens is 418 g/mol. The maximum Gasteiger partial charge on any atom is 0.0634 e. The SMILES string of the molecule is CN1CCN(Cc2ccc(N3C=C(NCc4cccc(Cl)c4)c4cc[nH]c4C3)cc2)CC1. The first kappa shape index (κ1) is 21.1. The van der Waals surface area contributed by atoms with E-state index >= 15 is 0 Å². The summed E-state index contributed by atoms with van der Waals surface area (Å²) in [5.41, 5.74) is 7.32. The number of anilines is 1. The van der Waals surface area contributed by atoms with Crippen molar-refractivity contribution >= 4 is 23.0 Å². The second kappa shape index (κ2) is 9.41. The largest absolute Gasteiger partial charge is 0.379 e. The monoisotopic (exact) mass is 447 g/mol. The minimum atomic E-state index is 0.731. The van der Waals surface area contributed by atoms with Crippen LogP contribution in [0.3, 0.4) is 0 Å². The molecule has 6 heteroatoms. The van der Waals surface area contributed by atoms with E-state index in [1.807, 2.05) is 24.4 Å².